The summed E-state index contributed by atoms with van der Waals surface area (Å²) in [5.41, 5.74) is -0.380. The molecule has 5 nitrogen and oxygen atoms in total. The Balaban J connectivity index is 1.65. The van der Waals surface area contributed by atoms with Gasteiger partial charge in [0.1, 0.15) is 6.67 Å². The highest BCUT2D eigenvalue weighted by Crippen LogP contribution is 2.69. The molecule has 4 aliphatic carbocycles. The lowest BCUT2D eigenvalue weighted by Crippen LogP contribution is -2.65. The smallest absolute Gasteiger partial charge is 0.309 e. The van der Waals surface area contributed by atoms with Crippen LogP contribution in [0.25, 0.3) is 0 Å². The number of aliphatic hydroxyl groups excluding tert-OH is 3. The summed E-state index contributed by atoms with van der Waals surface area (Å²) in [6.07, 6.45) is 4.88. The van der Waals surface area contributed by atoms with Gasteiger partial charge in [0.2, 0.25) is 0 Å². The Kier molecular flexibility index (Phi) is 6.96. The van der Waals surface area contributed by atoms with Crippen LogP contribution < -0.4 is 0 Å². The molecule has 190 valence electrons. The van der Waals surface area contributed by atoms with Gasteiger partial charge in [-0.3, -0.25) is 9.18 Å². The molecule has 0 spiro atoms. The van der Waals surface area contributed by atoms with E-state index in [1.54, 1.807) is 0 Å². The van der Waals surface area contributed by atoms with Crippen molar-refractivity contribution in [3.8, 4) is 0 Å². The lowest BCUT2D eigenvalue weighted by atomic mass is 9.41. The van der Waals surface area contributed by atoms with E-state index >= 15 is 0 Å². The number of hydrogen-bond donors (Lipinski definition) is 4. The van der Waals surface area contributed by atoms with Gasteiger partial charge in [-0.15, -0.1) is 0 Å². The summed E-state index contributed by atoms with van der Waals surface area (Å²) < 4.78 is 13.4. The molecule has 4 N–H and O–H groups in total. The predicted molar refractivity (Wildman–Crippen MR) is 124 cm³/mol. The van der Waals surface area contributed by atoms with E-state index in [1.807, 2.05) is 6.92 Å². The Morgan fingerprint density at radius 1 is 1.06 bits per heavy atom. The number of aliphatic carboxylic acids is 1. The van der Waals surface area contributed by atoms with Crippen molar-refractivity contribution in [2.45, 2.75) is 97.4 Å². The Hall–Kier alpha value is -0.720. The molecule has 0 saturated heterocycles. The van der Waals surface area contributed by atoms with E-state index in [1.165, 1.54) is 0 Å². The number of alkyl halides is 1. The molecule has 0 aromatic carbocycles. The average molecular weight is 469 g/mol. The zero-order chi connectivity index (χ0) is 24.3. The van der Waals surface area contributed by atoms with Crippen LogP contribution in [0.3, 0.4) is 0 Å². The second kappa shape index (κ2) is 9.05. The van der Waals surface area contributed by atoms with Crippen LogP contribution in [0.1, 0.15) is 79.1 Å². The Bertz CT molecular complexity index is 731. The van der Waals surface area contributed by atoms with Crippen LogP contribution in [-0.4, -0.2) is 51.4 Å². The first-order valence-corrected chi connectivity index (χ1v) is 13.3. The number of carboxylic acids is 1. The van der Waals surface area contributed by atoms with Gasteiger partial charge >= 0.3 is 5.97 Å². The minimum Gasteiger partial charge on any atom is -0.481 e. The normalized spacial score (nSPS) is 51.2. The summed E-state index contributed by atoms with van der Waals surface area (Å²) in [7, 11) is 0. The molecule has 4 rings (SSSR count). The third-order valence-electron chi connectivity index (χ3n) is 11.4. The maximum atomic E-state index is 13.4. The van der Waals surface area contributed by atoms with E-state index < -0.39 is 36.2 Å². The maximum Gasteiger partial charge on any atom is 0.309 e. The van der Waals surface area contributed by atoms with Crippen LogP contribution in [0, 0.1) is 58.2 Å². The molecule has 0 bridgehead atoms. The summed E-state index contributed by atoms with van der Waals surface area (Å²) >= 11 is 0. The molecule has 1 unspecified atom stereocenters. The van der Waals surface area contributed by atoms with Crippen LogP contribution in [0.2, 0.25) is 0 Å². The van der Waals surface area contributed by atoms with E-state index in [9.17, 15) is 29.6 Å². The summed E-state index contributed by atoms with van der Waals surface area (Å²) in [5, 5.41) is 43.2. The Morgan fingerprint density at radius 2 is 1.76 bits per heavy atom. The minimum absolute atomic E-state index is 0.00100. The van der Waals surface area contributed by atoms with Crippen LogP contribution >= 0.6 is 0 Å². The molecule has 33 heavy (non-hydrogen) atoms. The van der Waals surface area contributed by atoms with Gasteiger partial charge in [-0.05, 0) is 97.2 Å². The van der Waals surface area contributed by atoms with Crippen molar-refractivity contribution in [2.24, 2.45) is 58.2 Å². The summed E-state index contributed by atoms with van der Waals surface area (Å²) in [4.78, 5) is 11.5. The number of carbonyl (C=O) groups is 1. The second-order valence-corrected chi connectivity index (χ2v) is 12.6. The molecular formula is C27H45FO5. The predicted octanol–water partition coefficient (Wildman–Crippen LogP) is 4.28. The number of hydrogen-bond acceptors (Lipinski definition) is 4. The molecule has 0 aromatic heterocycles. The van der Waals surface area contributed by atoms with Crippen molar-refractivity contribution in [3.63, 3.8) is 0 Å². The number of fused-ring (bicyclic) bond motifs is 5. The quantitative estimate of drug-likeness (QED) is 0.466. The molecule has 4 saturated carbocycles. The van der Waals surface area contributed by atoms with E-state index in [4.69, 9.17) is 0 Å². The van der Waals surface area contributed by atoms with Gasteiger partial charge in [0.05, 0.1) is 24.2 Å². The molecule has 0 heterocycles. The van der Waals surface area contributed by atoms with E-state index in [2.05, 4.69) is 20.8 Å². The van der Waals surface area contributed by atoms with Crippen molar-refractivity contribution in [3.05, 3.63) is 0 Å². The van der Waals surface area contributed by atoms with Crippen molar-refractivity contribution in [1.29, 1.82) is 0 Å². The molecule has 0 amide bonds. The molecule has 4 fully saturated rings. The average Bonchev–Trinajstić information content (AvgIpc) is 3.12. The zero-order valence-electron chi connectivity index (χ0n) is 20.8. The van der Waals surface area contributed by atoms with E-state index in [-0.39, 0.29) is 59.4 Å². The molecule has 0 aromatic rings. The van der Waals surface area contributed by atoms with Crippen LogP contribution in [0.4, 0.5) is 4.39 Å². The molecule has 0 aliphatic heterocycles. The van der Waals surface area contributed by atoms with Crippen LogP contribution in [0.15, 0.2) is 0 Å². The highest BCUT2D eigenvalue weighted by molar-refractivity contribution is 5.70. The third kappa shape index (κ3) is 3.78. The number of rotatable bonds is 6. The van der Waals surface area contributed by atoms with Gasteiger partial charge in [-0.25, -0.2) is 0 Å². The van der Waals surface area contributed by atoms with Crippen molar-refractivity contribution in [2.75, 3.05) is 6.67 Å². The first-order chi connectivity index (χ1) is 15.5. The van der Waals surface area contributed by atoms with Gasteiger partial charge in [0.25, 0.3) is 0 Å². The van der Waals surface area contributed by atoms with Gasteiger partial charge in [-0.1, -0.05) is 34.1 Å². The Morgan fingerprint density at radius 3 is 2.36 bits per heavy atom. The number of aliphatic hydroxyl groups is 3. The molecule has 4 aliphatic rings. The lowest BCUT2D eigenvalue weighted by Gasteiger charge is -2.65. The summed E-state index contributed by atoms with van der Waals surface area (Å²) in [5.74, 6) is -0.991. The second-order valence-electron chi connectivity index (χ2n) is 12.6. The van der Waals surface area contributed by atoms with Gasteiger partial charge in [-0.2, -0.15) is 0 Å². The first kappa shape index (κ1) is 25.4. The highest BCUT2D eigenvalue weighted by Gasteiger charge is 2.67. The highest BCUT2D eigenvalue weighted by atomic mass is 19.1. The van der Waals surface area contributed by atoms with E-state index in [0.29, 0.717) is 6.42 Å². The Labute approximate surface area is 198 Å². The number of carboxylic acid groups (broad SMARTS) is 1. The van der Waals surface area contributed by atoms with Gasteiger partial charge in [0, 0.05) is 0 Å². The SMILES string of the molecule is CC[C@H]1[C@@H](O)[C@@H]2C(C[C@H](O)[C@]3(C)[C@@H]([C@H](C)C[C@H](CF)C(=O)O)CC[C@@H]23)[C@@]2(C)CC[C@@H](O)C[C@@H]12. The number of halogens is 1. The summed E-state index contributed by atoms with van der Waals surface area (Å²) in [6, 6.07) is 0. The van der Waals surface area contributed by atoms with Crippen molar-refractivity contribution >= 4 is 5.97 Å². The topological polar surface area (TPSA) is 98.0 Å². The molecule has 13 atom stereocenters. The fourth-order valence-electron chi connectivity index (χ4n) is 9.73. The lowest BCUT2D eigenvalue weighted by molar-refractivity contribution is -0.228. The largest absolute Gasteiger partial charge is 0.481 e. The van der Waals surface area contributed by atoms with Crippen molar-refractivity contribution < 1.29 is 29.6 Å². The summed E-state index contributed by atoms with van der Waals surface area (Å²) in [6.45, 7) is 7.82. The monoisotopic (exact) mass is 468 g/mol. The maximum absolute atomic E-state index is 13.4. The molecule has 0 radical (unpaired) electrons. The fraction of sp³-hybridized carbons (Fsp3) is 0.963. The zero-order valence-corrected chi connectivity index (χ0v) is 20.8. The standard InChI is InChI=1S/C27H45FO5/c1-5-17-20-11-16(29)8-9-26(20,3)21-12-22(30)27(4)18(6-7-19(27)23(21)24(17)31)14(2)10-15(13-28)25(32)33/h14-24,29-31H,5-13H2,1-4H3,(H,32,33)/t14-,15-,16-,17-,18-,19+,20+,21?,22+,23+,24-,26+,27-/m1/s1. The fourth-order valence-corrected chi connectivity index (χ4v) is 9.73. The first-order valence-electron chi connectivity index (χ1n) is 13.3. The van der Waals surface area contributed by atoms with Crippen LogP contribution in [0.5, 0.6) is 0 Å². The van der Waals surface area contributed by atoms with Gasteiger partial charge < -0.3 is 20.4 Å². The molecular weight excluding hydrogens is 423 g/mol. The minimum atomic E-state index is -1.08. The van der Waals surface area contributed by atoms with Crippen molar-refractivity contribution in [1.82, 2.24) is 0 Å². The van der Waals surface area contributed by atoms with Gasteiger partial charge in [0.15, 0.2) is 0 Å². The van der Waals surface area contributed by atoms with E-state index in [0.717, 1.165) is 38.5 Å². The molecule has 6 heteroatoms. The van der Waals surface area contributed by atoms with Crippen LogP contribution in [-0.2, 0) is 4.79 Å². The third-order valence-corrected chi connectivity index (χ3v) is 11.4.